The van der Waals surface area contributed by atoms with Crippen LogP contribution in [0.3, 0.4) is 0 Å². The normalized spacial score (nSPS) is 16.7. The highest BCUT2D eigenvalue weighted by Crippen LogP contribution is 2.44. The zero-order valence-electron chi connectivity index (χ0n) is 64.2. The summed E-state index contributed by atoms with van der Waals surface area (Å²) >= 11 is 0. The number of benzene rings is 6. The van der Waals surface area contributed by atoms with Gasteiger partial charge in [-0.3, -0.25) is 0 Å². The summed E-state index contributed by atoms with van der Waals surface area (Å²) in [4.78, 5) is 0. The van der Waals surface area contributed by atoms with E-state index in [9.17, 15) is 0 Å². The molecule has 0 amide bonds. The standard InChI is InChI=1S/C34H48NSi.C29H40NSi.C28H38NSi/c1-24(2)36(5,6)30-17-18-31-28(21-30)19-20-35(4)34(31)33-23-29(26-13-9-7-10-14-26)22-32(25(33)3)27-15-11-8-12-16-27;1-20(2)31(6,7)26-13-14-27-24(18-26)15-16-30(5)29(27)28-19-25(17-21(3)22(28)4)23-11-9-8-10-12-23;1-20(2)30(5,6)25-14-15-26-24(18-25)16-17-29(4)28(26)27-19-23(13-12-21(27)3)22-10-8-7-9-11-22/h17-24,26-27H,7-16H2,1-6H3;13-20,23H,8-12H2,1-7H3;12-20,22H,7-11H2,1-6H3/q3*+1. The van der Waals surface area contributed by atoms with Gasteiger partial charge in [-0.25, -0.2) is 13.7 Å². The monoisotopic (exact) mass is 1340 g/mol. The first-order valence-electron chi connectivity index (χ1n) is 38.9. The molecular formula is C91H126N3Si3+3. The molecule has 0 saturated heterocycles. The van der Waals surface area contributed by atoms with Crippen molar-refractivity contribution in [1.29, 1.82) is 0 Å². The Balaban J connectivity index is 0.000000148. The summed E-state index contributed by atoms with van der Waals surface area (Å²) in [6.07, 6.45) is 34.4. The Hall–Kier alpha value is -5.80. The van der Waals surface area contributed by atoms with Crippen LogP contribution in [0.2, 0.25) is 55.9 Å². The lowest BCUT2D eigenvalue weighted by atomic mass is 9.76. The summed E-state index contributed by atoms with van der Waals surface area (Å²) in [6, 6.07) is 46.5. The number of rotatable bonds is 13. The van der Waals surface area contributed by atoms with Gasteiger partial charge < -0.3 is 0 Å². The van der Waals surface area contributed by atoms with Crippen molar-refractivity contribution >= 4 is 72.1 Å². The third-order valence-electron chi connectivity index (χ3n) is 26.4. The molecule has 0 bridgehead atoms. The second kappa shape index (κ2) is 30.6. The maximum atomic E-state index is 2.66. The van der Waals surface area contributed by atoms with Crippen molar-refractivity contribution in [3.05, 3.63) is 178 Å². The van der Waals surface area contributed by atoms with E-state index in [2.05, 4.69) is 277 Å². The van der Waals surface area contributed by atoms with E-state index < -0.39 is 24.2 Å². The topological polar surface area (TPSA) is 11.6 Å². The fourth-order valence-corrected chi connectivity index (χ4v) is 22.4. The van der Waals surface area contributed by atoms with Crippen LogP contribution in [0.1, 0.15) is 238 Å². The Bertz CT molecular complexity index is 4250. The van der Waals surface area contributed by atoms with Crippen LogP contribution in [0, 0.1) is 27.7 Å². The van der Waals surface area contributed by atoms with Crippen LogP contribution in [0.4, 0.5) is 0 Å². The molecule has 13 rings (SSSR count). The van der Waals surface area contributed by atoms with E-state index in [0.29, 0.717) is 0 Å². The first-order valence-corrected chi connectivity index (χ1v) is 48.1. The molecule has 3 aromatic heterocycles. The number of fused-ring (bicyclic) bond motifs is 3. The maximum Gasteiger partial charge on any atom is 0.220 e. The number of hydrogen-bond acceptors (Lipinski definition) is 0. The molecule has 6 heteroatoms. The van der Waals surface area contributed by atoms with E-state index in [1.54, 1.807) is 32.3 Å². The summed E-state index contributed by atoms with van der Waals surface area (Å²) in [5.41, 5.74) is 22.8. The first kappa shape index (κ1) is 72.5. The molecule has 4 aliphatic rings. The van der Waals surface area contributed by atoms with Crippen molar-refractivity contribution in [2.45, 2.75) is 277 Å². The van der Waals surface area contributed by atoms with E-state index in [0.717, 1.165) is 40.3 Å². The highest BCUT2D eigenvalue weighted by molar-refractivity contribution is 6.92. The highest BCUT2D eigenvalue weighted by atomic mass is 28.3. The minimum Gasteiger partial charge on any atom is -0.200 e. The smallest absolute Gasteiger partial charge is 0.200 e. The molecule has 3 nitrogen and oxygen atoms in total. The summed E-state index contributed by atoms with van der Waals surface area (Å²) < 4.78 is 7.05. The molecule has 0 N–H and O–H groups in total. The largest absolute Gasteiger partial charge is 0.220 e. The van der Waals surface area contributed by atoms with Gasteiger partial charge in [0.1, 0.15) is 21.1 Å². The summed E-state index contributed by atoms with van der Waals surface area (Å²) in [5.74, 6) is 2.95. The third-order valence-corrected chi connectivity index (χ3v) is 40.5. The Morgan fingerprint density at radius 3 is 1.00 bits per heavy atom. The quantitative estimate of drug-likeness (QED) is 0.0805. The Morgan fingerprint density at radius 2 is 0.629 bits per heavy atom. The third kappa shape index (κ3) is 15.4. The number of hydrogen-bond donors (Lipinski definition) is 0. The molecular weight excluding hydrogens is 1220 g/mol. The lowest BCUT2D eigenvalue weighted by Crippen LogP contribution is -2.44. The average molecular weight is 1350 g/mol. The molecule has 0 atom stereocenters. The van der Waals surface area contributed by atoms with Crippen LogP contribution in [0.25, 0.3) is 66.1 Å². The van der Waals surface area contributed by atoms with Gasteiger partial charge in [-0.15, -0.1) is 0 Å². The van der Waals surface area contributed by atoms with Gasteiger partial charge in [-0.1, -0.05) is 234 Å². The number of pyridine rings is 3. The molecule has 6 aromatic carbocycles. The van der Waals surface area contributed by atoms with Gasteiger partial charge in [0.25, 0.3) is 0 Å². The van der Waals surface area contributed by atoms with Crippen molar-refractivity contribution in [3.8, 4) is 33.8 Å². The lowest BCUT2D eigenvalue weighted by molar-refractivity contribution is -0.659. The number of aryl methyl sites for hydroxylation is 5. The second-order valence-corrected chi connectivity index (χ2v) is 49.6. The average Bonchev–Trinajstić information content (AvgIpc) is 0.771. The SMILES string of the molecule is Cc1c(-c2c3ccc([Si](C)(C)C(C)C)cc3cc[n+]2C)cc(C2CCCCC2)cc1C1CCCCC1.Cc1cc(C2CCCCC2)cc(-c2c3ccc([Si](C)(C)C(C)C)cc3cc[n+]2C)c1C.Cc1ccc(C2CCCCC2)cc1-c1c2ccc([Si](C)(C)C(C)C)cc2cc[n+]1C. The zero-order chi connectivity index (χ0) is 69.3. The zero-order valence-corrected chi connectivity index (χ0v) is 67.2. The van der Waals surface area contributed by atoms with Crippen LogP contribution < -0.4 is 29.3 Å². The molecule has 0 aliphatic heterocycles. The molecule has 4 saturated carbocycles. The van der Waals surface area contributed by atoms with Gasteiger partial charge >= 0.3 is 0 Å². The van der Waals surface area contributed by atoms with Crippen molar-refractivity contribution < 1.29 is 13.7 Å². The Kier molecular flexibility index (Phi) is 22.8. The minimum atomic E-state index is -1.47. The van der Waals surface area contributed by atoms with Crippen molar-refractivity contribution in [3.63, 3.8) is 0 Å². The van der Waals surface area contributed by atoms with Gasteiger partial charge in [0.15, 0.2) is 18.6 Å². The molecule has 4 fully saturated rings. The van der Waals surface area contributed by atoms with Gasteiger partial charge in [0.05, 0.1) is 51.5 Å². The Morgan fingerprint density at radius 1 is 0.309 bits per heavy atom. The number of aromatic nitrogens is 3. The maximum absolute atomic E-state index is 2.66. The van der Waals surface area contributed by atoms with E-state index in [1.165, 1.54) is 222 Å². The van der Waals surface area contributed by atoms with Crippen LogP contribution in [-0.2, 0) is 21.1 Å². The van der Waals surface area contributed by atoms with Gasteiger partial charge in [0.2, 0.25) is 17.1 Å². The fourth-order valence-electron chi connectivity index (χ4n) is 17.2. The fraction of sp³-hybridized carbons (Fsp3) is 0.505. The molecule has 9 aromatic rings. The first-order chi connectivity index (χ1) is 46.3. The lowest BCUT2D eigenvalue weighted by Gasteiger charge is -2.29. The van der Waals surface area contributed by atoms with Crippen LogP contribution in [0.15, 0.2) is 134 Å². The van der Waals surface area contributed by atoms with Gasteiger partial charge in [0, 0.05) is 23.8 Å². The Labute approximate surface area is 592 Å². The van der Waals surface area contributed by atoms with Crippen molar-refractivity contribution in [2.24, 2.45) is 21.1 Å². The summed E-state index contributed by atoms with van der Waals surface area (Å²) in [6.45, 7) is 38.7. The van der Waals surface area contributed by atoms with Crippen molar-refractivity contribution in [2.75, 3.05) is 0 Å². The highest BCUT2D eigenvalue weighted by Gasteiger charge is 2.34. The van der Waals surface area contributed by atoms with E-state index >= 15 is 0 Å². The second-order valence-electron chi connectivity index (χ2n) is 34.1. The van der Waals surface area contributed by atoms with Crippen LogP contribution in [0.5, 0.6) is 0 Å². The van der Waals surface area contributed by atoms with Crippen LogP contribution in [-0.4, -0.2) is 24.2 Å². The predicted molar refractivity (Wildman–Crippen MR) is 431 cm³/mol. The molecule has 514 valence electrons. The van der Waals surface area contributed by atoms with Gasteiger partial charge in [-0.2, -0.15) is 0 Å². The molecule has 4 aliphatic carbocycles. The van der Waals surface area contributed by atoms with E-state index in [-0.39, 0.29) is 0 Å². The molecule has 0 spiro atoms. The molecule has 97 heavy (non-hydrogen) atoms. The molecule has 0 radical (unpaired) electrons. The summed E-state index contributed by atoms with van der Waals surface area (Å²) in [5, 5.41) is 13.1. The molecule has 0 unspecified atom stereocenters. The number of nitrogens with zero attached hydrogens (tertiary/aromatic N) is 3. The van der Waals surface area contributed by atoms with E-state index in [4.69, 9.17) is 0 Å². The van der Waals surface area contributed by atoms with E-state index in [1.807, 2.05) is 0 Å². The van der Waals surface area contributed by atoms with Crippen LogP contribution >= 0.6 is 0 Å². The van der Waals surface area contributed by atoms with Crippen molar-refractivity contribution in [1.82, 2.24) is 0 Å². The summed E-state index contributed by atoms with van der Waals surface area (Å²) in [7, 11) is 2.31. The molecule has 3 heterocycles. The minimum absolute atomic E-state index is 0.733. The van der Waals surface area contributed by atoms with Gasteiger partial charge in [-0.05, 0) is 216 Å². The predicted octanol–water partition coefficient (Wildman–Crippen LogP) is 23.4.